The first-order valence-corrected chi connectivity index (χ1v) is 7.85. The van der Waals surface area contributed by atoms with Crippen LogP contribution < -0.4 is 10.1 Å². The highest BCUT2D eigenvalue weighted by molar-refractivity contribution is 9.10. The van der Waals surface area contributed by atoms with E-state index in [1.165, 1.54) is 0 Å². The highest BCUT2D eigenvalue weighted by Gasteiger charge is 2.14. The molecule has 0 aliphatic heterocycles. The number of rotatable bonds is 6. The SMILES string of the molecule is CCc1ccc(OCC(=O)Nc2cc([N+](=O)[O-])ccc2F)c(Br)c1. The topological polar surface area (TPSA) is 81.5 Å². The lowest BCUT2D eigenvalue weighted by atomic mass is 10.2. The van der Waals surface area contributed by atoms with Crippen molar-refractivity contribution in [2.24, 2.45) is 0 Å². The number of benzene rings is 2. The Morgan fingerprint density at radius 2 is 2.08 bits per heavy atom. The molecule has 0 spiro atoms. The molecule has 0 aliphatic rings. The Morgan fingerprint density at radius 1 is 1.33 bits per heavy atom. The lowest BCUT2D eigenvalue weighted by molar-refractivity contribution is -0.384. The third-order valence-electron chi connectivity index (χ3n) is 3.20. The molecule has 2 aromatic rings. The van der Waals surface area contributed by atoms with Crippen molar-refractivity contribution in [1.29, 1.82) is 0 Å². The summed E-state index contributed by atoms with van der Waals surface area (Å²) in [7, 11) is 0. The fourth-order valence-electron chi connectivity index (χ4n) is 1.93. The molecule has 0 aromatic heterocycles. The number of nitrogens with one attached hydrogen (secondary N) is 1. The van der Waals surface area contributed by atoms with Gasteiger partial charge in [0.1, 0.15) is 11.6 Å². The summed E-state index contributed by atoms with van der Waals surface area (Å²) >= 11 is 3.35. The second kappa shape index (κ2) is 7.87. The van der Waals surface area contributed by atoms with Crippen molar-refractivity contribution in [1.82, 2.24) is 0 Å². The van der Waals surface area contributed by atoms with Gasteiger partial charge < -0.3 is 10.1 Å². The largest absolute Gasteiger partial charge is 0.483 e. The molecule has 0 heterocycles. The number of nitrogens with zero attached hydrogens (tertiary/aromatic N) is 1. The molecule has 126 valence electrons. The van der Waals surface area contributed by atoms with E-state index in [0.717, 1.165) is 30.2 Å². The van der Waals surface area contributed by atoms with Crippen molar-refractivity contribution in [2.75, 3.05) is 11.9 Å². The summed E-state index contributed by atoms with van der Waals surface area (Å²) in [5, 5.41) is 13.0. The monoisotopic (exact) mass is 396 g/mol. The van der Waals surface area contributed by atoms with Gasteiger partial charge in [-0.15, -0.1) is 0 Å². The highest BCUT2D eigenvalue weighted by atomic mass is 79.9. The Balaban J connectivity index is 2.01. The van der Waals surface area contributed by atoms with E-state index in [0.29, 0.717) is 10.2 Å². The molecular formula is C16H14BrFN2O4. The Kier molecular flexibility index (Phi) is 5.86. The fraction of sp³-hybridized carbons (Fsp3) is 0.188. The summed E-state index contributed by atoms with van der Waals surface area (Å²) in [5.74, 6) is -0.912. The van der Waals surface area contributed by atoms with Crippen molar-refractivity contribution in [3.8, 4) is 5.75 Å². The third-order valence-corrected chi connectivity index (χ3v) is 3.82. The molecule has 24 heavy (non-hydrogen) atoms. The average molecular weight is 397 g/mol. The lowest BCUT2D eigenvalue weighted by Gasteiger charge is -2.10. The minimum Gasteiger partial charge on any atom is -0.483 e. The van der Waals surface area contributed by atoms with Gasteiger partial charge in [0, 0.05) is 12.1 Å². The molecule has 0 saturated carbocycles. The Bertz CT molecular complexity index is 783. The smallest absolute Gasteiger partial charge is 0.271 e. The van der Waals surface area contributed by atoms with Crippen molar-refractivity contribution >= 4 is 33.2 Å². The van der Waals surface area contributed by atoms with E-state index in [4.69, 9.17) is 4.74 Å². The molecule has 2 aromatic carbocycles. The maximum absolute atomic E-state index is 13.6. The highest BCUT2D eigenvalue weighted by Crippen LogP contribution is 2.26. The van der Waals surface area contributed by atoms with Crippen LogP contribution in [0.15, 0.2) is 40.9 Å². The Labute approximate surface area is 145 Å². The van der Waals surface area contributed by atoms with Gasteiger partial charge in [0.25, 0.3) is 11.6 Å². The molecule has 0 aliphatic carbocycles. The van der Waals surface area contributed by atoms with Gasteiger partial charge in [-0.25, -0.2) is 4.39 Å². The summed E-state index contributed by atoms with van der Waals surface area (Å²) in [5.41, 5.74) is 0.529. The van der Waals surface area contributed by atoms with Gasteiger partial charge >= 0.3 is 0 Å². The maximum atomic E-state index is 13.6. The second-order valence-corrected chi connectivity index (χ2v) is 5.73. The standard InChI is InChI=1S/C16H14BrFN2O4/c1-2-10-3-6-15(12(17)7-10)24-9-16(21)19-14-8-11(20(22)23)4-5-13(14)18/h3-8H,2,9H2,1H3,(H,19,21). The van der Waals surface area contributed by atoms with E-state index >= 15 is 0 Å². The quantitative estimate of drug-likeness (QED) is 0.589. The number of anilines is 1. The normalized spacial score (nSPS) is 10.3. The zero-order valence-corrected chi connectivity index (χ0v) is 14.3. The van der Waals surface area contributed by atoms with Gasteiger partial charge in [0.15, 0.2) is 6.61 Å². The number of halogens is 2. The summed E-state index contributed by atoms with van der Waals surface area (Å²) in [6.45, 7) is 1.66. The minimum absolute atomic E-state index is 0.266. The fourth-order valence-corrected chi connectivity index (χ4v) is 2.47. The van der Waals surface area contributed by atoms with Crippen LogP contribution in [0.4, 0.5) is 15.8 Å². The van der Waals surface area contributed by atoms with E-state index in [1.807, 2.05) is 19.1 Å². The Hall–Kier alpha value is -2.48. The zero-order chi connectivity index (χ0) is 17.7. The second-order valence-electron chi connectivity index (χ2n) is 4.88. The molecule has 2 rings (SSSR count). The third kappa shape index (κ3) is 4.51. The van der Waals surface area contributed by atoms with Crippen LogP contribution in [-0.4, -0.2) is 17.4 Å². The first kappa shape index (κ1) is 17.9. The van der Waals surface area contributed by atoms with Crippen molar-refractivity contribution in [3.63, 3.8) is 0 Å². The van der Waals surface area contributed by atoms with Crippen LogP contribution in [0.2, 0.25) is 0 Å². The summed E-state index contributed by atoms with van der Waals surface area (Å²) in [4.78, 5) is 21.9. The molecule has 1 N–H and O–H groups in total. The number of nitro groups is 1. The van der Waals surface area contributed by atoms with Gasteiger partial charge in [-0.1, -0.05) is 13.0 Å². The molecule has 0 fully saturated rings. The number of amides is 1. The van der Waals surface area contributed by atoms with E-state index in [1.54, 1.807) is 6.07 Å². The van der Waals surface area contributed by atoms with Gasteiger partial charge in [0.2, 0.25) is 0 Å². The van der Waals surface area contributed by atoms with Gasteiger partial charge in [-0.05, 0) is 46.1 Å². The Morgan fingerprint density at radius 3 is 2.71 bits per heavy atom. The van der Waals surface area contributed by atoms with Crippen LogP contribution in [0.1, 0.15) is 12.5 Å². The molecule has 0 saturated heterocycles. The predicted octanol–water partition coefficient (Wildman–Crippen LogP) is 4.08. The number of non-ortho nitro benzene ring substituents is 1. The van der Waals surface area contributed by atoms with Gasteiger partial charge in [-0.3, -0.25) is 14.9 Å². The number of hydrogen-bond acceptors (Lipinski definition) is 4. The number of carbonyl (C=O) groups is 1. The number of carbonyl (C=O) groups excluding carboxylic acids is 1. The van der Waals surface area contributed by atoms with E-state index in [2.05, 4.69) is 21.2 Å². The molecule has 8 heteroatoms. The first-order chi connectivity index (χ1) is 11.4. The van der Waals surface area contributed by atoms with Crippen LogP contribution >= 0.6 is 15.9 Å². The number of ether oxygens (including phenoxy) is 1. The molecule has 0 bridgehead atoms. The molecule has 6 nitrogen and oxygen atoms in total. The van der Waals surface area contributed by atoms with Crippen LogP contribution in [0.3, 0.4) is 0 Å². The molecule has 0 atom stereocenters. The van der Waals surface area contributed by atoms with Crippen molar-refractivity contribution in [3.05, 3.63) is 62.4 Å². The first-order valence-electron chi connectivity index (χ1n) is 7.05. The van der Waals surface area contributed by atoms with E-state index in [9.17, 15) is 19.3 Å². The predicted molar refractivity (Wildman–Crippen MR) is 90.7 cm³/mol. The van der Waals surface area contributed by atoms with Crippen LogP contribution in [-0.2, 0) is 11.2 Å². The molecule has 0 radical (unpaired) electrons. The van der Waals surface area contributed by atoms with Crippen LogP contribution in [0, 0.1) is 15.9 Å². The number of aryl methyl sites for hydroxylation is 1. The number of nitro benzene ring substituents is 1. The van der Waals surface area contributed by atoms with E-state index < -0.39 is 16.6 Å². The lowest BCUT2D eigenvalue weighted by Crippen LogP contribution is -2.21. The number of hydrogen-bond donors (Lipinski definition) is 1. The van der Waals surface area contributed by atoms with Crippen molar-refractivity contribution in [2.45, 2.75) is 13.3 Å². The van der Waals surface area contributed by atoms with Crippen LogP contribution in [0.25, 0.3) is 0 Å². The summed E-state index contributed by atoms with van der Waals surface area (Å²) in [6.07, 6.45) is 0.866. The minimum atomic E-state index is -0.762. The van der Waals surface area contributed by atoms with E-state index in [-0.39, 0.29) is 18.0 Å². The molecular weight excluding hydrogens is 383 g/mol. The van der Waals surface area contributed by atoms with Crippen LogP contribution in [0.5, 0.6) is 5.75 Å². The maximum Gasteiger partial charge on any atom is 0.271 e. The summed E-state index contributed by atoms with van der Waals surface area (Å²) < 4.78 is 19.7. The van der Waals surface area contributed by atoms with Gasteiger partial charge in [0.05, 0.1) is 15.1 Å². The average Bonchev–Trinajstić information content (AvgIpc) is 2.55. The molecule has 0 unspecified atom stereocenters. The van der Waals surface area contributed by atoms with Crippen molar-refractivity contribution < 1.29 is 18.8 Å². The molecule has 1 amide bonds. The van der Waals surface area contributed by atoms with Gasteiger partial charge in [-0.2, -0.15) is 0 Å². The summed E-state index contributed by atoms with van der Waals surface area (Å²) in [6, 6.07) is 8.39. The zero-order valence-electron chi connectivity index (χ0n) is 12.7.